The Balaban J connectivity index is 1.59. The predicted octanol–water partition coefficient (Wildman–Crippen LogP) is 0.968. The molecule has 2 heterocycles. The van der Waals surface area contributed by atoms with Gasteiger partial charge in [0.05, 0.1) is 6.20 Å². The van der Waals surface area contributed by atoms with Gasteiger partial charge in [-0.2, -0.15) is 13.5 Å². The van der Waals surface area contributed by atoms with E-state index in [0.29, 0.717) is 5.56 Å². The third kappa shape index (κ3) is 4.69. The van der Waals surface area contributed by atoms with Crippen LogP contribution in [0.15, 0.2) is 36.5 Å². The van der Waals surface area contributed by atoms with Gasteiger partial charge in [0.1, 0.15) is 0 Å². The average Bonchev–Trinajstić information content (AvgIpc) is 3.20. The largest absolute Gasteiger partial charge is 0.423 e. The molecule has 1 aliphatic heterocycles. The van der Waals surface area contributed by atoms with Crippen molar-refractivity contribution in [3.8, 4) is 0 Å². The summed E-state index contributed by atoms with van der Waals surface area (Å²) in [6.45, 7) is 1.64. The summed E-state index contributed by atoms with van der Waals surface area (Å²) < 4.78 is 28.8. The fraction of sp³-hybridized carbons (Fsp3) is 0.444. The molecule has 0 atom stereocenters. The molecule has 2 amide bonds. The number of amides is 2. The number of nitrogens with one attached hydrogen (secondary N) is 2. The summed E-state index contributed by atoms with van der Waals surface area (Å²) in [4.78, 5) is 26.3. The van der Waals surface area contributed by atoms with Crippen LogP contribution in [0.1, 0.15) is 28.9 Å². The van der Waals surface area contributed by atoms with Crippen LogP contribution in [0.3, 0.4) is 0 Å². The highest BCUT2D eigenvalue weighted by Crippen LogP contribution is 2.20. The molecular formula is C18H22F2N6O2. The van der Waals surface area contributed by atoms with E-state index >= 15 is 0 Å². The summed E-state index contributed by atoms with van der Waals surface area (Å²) in [5.41, 5.74) is 0.429. The van der Waals surface area contributed by atoms with Gasteiger partial charge in [-0.1, -0.05) is 35.5 Å². The highest BCUT2D eigenvalue weighted by atomic mass is 19.3. The second-order valence-electron chi connectivity index (χ2n) is 6.81. The summed E-state index contributed by atoms with van der Waals surface area (Å²) in [6, 6.07) is 4.68. The van der Waals surface area contributed by atoms with Crippen molar-refractivity contribution in [3.05, 3.63) is 47.8 Å². The Hall–Kier alpha value is -2.88. The number of hydrogen-bond acceptors (Lipinski definition) is 5. The van der Waals surface area contributed by atoms with E-state index in [1.807, 2.05) is 7.05 Å². The van der Waals surface area contributed by atoms with Crippen LogP contribution < -0.4 is 10.6 Å². The van der Waals surface area contributed by atoms with E-state index in [0.717, 1.165) is 32.1 Å². The SMILES string of the molecule is CN1CCC(NC(=O)c2cn(C(F)(F)C(=O)NCc3ccccc3)nn2)CC1. The molecule has 3 rings (SSSR count). The van der Waals surface area contributed by atoms with Crippen molar-refractivity contribution < 1.29 is 18.4 Å². The Labute approximate surface area is 160 Å². The van der Waals surface area contributed by atoms with Crippen molar-refractivity contribution in [2.24, 2.45) is 0 Å². The van der Waals surface area contributed by atoms with E-state index < -0.39 is 17.9 Å². The van der Waals surface area contributed by atoms with Crippen molar-refractivity contribution in [3.63, 3.8) is 0 Å². The zero-order chi connectivity index (χ0) is 20.1. The monoisotopic (exact) mass is 392 g/mol. The van der Waals surface area contributed by atoms with E-state index in [2.05, 4.69) is 25.8 Å². The molecule has 0 spiro atoms. The predicted molar refractivity (Wildman–Crippen MR) is 96.5 cm³/mol. The highest BCUT2D eigenvalue weighted by molar-refractivity contribution is 5.92. The van der Waals surface area contributed by atoms with Crippen molar-refractivity contribution in [2.75, 3.05) is 20.1 Å². The Morgan fingerprint density at radius 1 is 1.21 bits per heavy atom. The molecule has 1 saturated heterocycles. The summed E-state index contributed by atoms with van der Waals surface area (Å²) in [6.07, 6.45) is 2.33. The molecule has 2 aromatic rings. The lowest BCUT2D eigenvalue weighted by atomic mass is 10.1. The van der Waals surface area contributed by atoms with Crippen LogP contribution in [0.2, 0.25) is 0 Å². The van der Waals surface area contributed by atoms with Crippen molar-refractivity contribution >= 4 is 11.8 Å². The van der Waals surface area contributed by atoms with Crippen LogP contribution in [-0.4, -0.2) is 57.9 Å². The van der Waals surface area contributed by atoms with Gasteiger partial charge in [-0.25, -0.2) is 0 Å². The van der Waals surface area contributed by atoms with Crippen LogP contribution >= 0.6 is 0 Å². The van der Waals surface area contributed by atoms with Gasteiger partial charge in [0.15, 0.2) is 5.69 Å². The topological polar surface area (TPSA) is 92.2 Å². The Morgan fingerprint density at radius 2 is 1.89 bits per heavy atom. The summed E-state index contributed by atoms with van der Waals surface area (Å²) in [5.74, 6) is -2.11. The van der Waals surface area contributed by atoms with E-state index in [1.54, 1.807) is 30.3 Å². The molecular weight excluding hydrogens is 370 g/mol. The van der Waals surface area contributed by atoms with Gasteiger partial charge in [-0.15, -0.1) is 5.10 Å². The van der Waals surface area contributed by atoms with E-state index in [9.17, 15) is 18.4 Å². The first-order valence-corrected chi connectivity index (χ1v) is 8.98. The number of carbonyl (C=O) groups excluding carboxylic acids is 2. The Bertz CT molecular complexity index is 818. The number of aromatic nitrogens is 3. The van der Waals surface area contributed by atoms with Crippen LogP contribution in [0, 0.1) is 0 Å². The number of alkyl halides is 2. The number of carbonyl (C=O) groups is 2. The minimum atomic E-state index is -3.96. The second-order valence-corrected chi connectivity index (χ2v) is 6.81. The lowest BCUT2D eigenvalue weighted by Gasteiger charge is -2.29. The maximum atomic E-state index is 14.3. The van der Waals surface area contributed by atoms with Gasteiger partial charge >= 0.3 is 12.0 Å². The van der Waals surface area contributed by atoms with Crippen molar-refractivity contribution in [1.29, 1.82) is 0 Å². The van der Waals surface area contributed by atoms with Crippen LogP contribution in [0.4, 0.5) is 8.78 Å². The first-order valence-electron chi connectivity index (χ1n) is 8.98. The van der Waals surface area contributed by atoms with Crippen molar-refractivity contribution in [1.82, 2.24) is 30.5 Å². The molecule has 0 radical (unpaired) electrons. The average molecular weight is 392 g/mol. The van der Waals surface area contributed by atoms with Gasteiger partial charge in [0.2, 0.25) is 0 Å². The fourth-order valence-electron chi connectivity index (χ4n) is 2.91. The minimum Gasteiger partial charge on any atom is -0.348 e. The summed E-state index contributed by atoms with van der Waals surface area (Å²) >= 11 is 0. The van der Waals surface area contributed by atoms with E-state index in [4.69, 9.17) is 0 Å². The van der Waals surface area contributed by atoms with Crippen LogP contribution in [0.25, 0.3) is 0 Å². The molecule has 8 nitrogen and oxygen atoms in total. The molecule has 0 bridgehead atoms. The van der Waals surface area contributed by atoms with E-state index in [1.165, 1.54) is 0 Å². The van der Waals surface area contributed by atoms with Crippen LogP contribution in [-0.2, 0) is 17.4 Å². The maximum Gasteiger partial charge on any atom is 0.423 e. The molecule has 0 unspecified atom stereocenters. The van der Waals surface area contributed by atoms with Gasteiger partial charge in [-0.3, -0.25) is 9.59 Å². The molecule has 10 heteroatoms. The maximum absolute atomic E-state index is 14.3. The number of likely N-dealkylation sites (tertiary alicyclic amines) is 1. The highest BCUT2D eigenvalue weighted by Gasteiger charge is 2.42. The lowest BCUT2D eigenvalue weighted by molar-refractivity contribution is -0.164. The van der Waals surface area contributed by atoms with Gasteiger partial charge in [-0.05, 0) is 38.5 Å². The molecule has 1 aliphatic rings. The lowest BCUT2D eigenvalue weighted by Crippen LogP contribution is -2.43. The number of nitrogens with zero attached hydrogens (tertiary/aromatic N) is 4. The smallest absolute Gasteiger partial charge is 0.348 e. The molecule has 1 aromatic heterocycles. The molecule has 150 valence electrons. The molecule has 0 aliphatic carbocycles. The number of piperidine rings is 1. The molecule has 28 heavy (non-hydrogen) atoms. The van der Waals surface area contributed by atoms with Gasteiger partial charge < -0.3 is 15.5 Å². The number of hydrogen-bond donors (Lipinski definition) is 2. The number of benzene rings is 1. The number of halogens is 2. The molecule has 0 saturated carbocycles. The number of rotatable bonds is 6. The summed E-state index contributed by atoms with van der Waals surface area (Å²) in [7, 11) is 1.99. The zero-order valence-corrected chi connectivity index (χ0v) is 15.4. The van der Waals surface area contributed by atoms with Crippen LogP contribution in [0.5, 0.6) is 0 Å². The first-order chi connectivity index (χ1) is 13.4. The first kappa shape index (κ1) is 19.9. The van der Waals surface area contributed by atoms with Gasteiger partial charge in [0, 0.05) is 12.6 Å². The second kappa shape index (κ2) is 8.42. The fourth-order valence-corrected chi connectivity index (χ4v) is 2.91. The molecule has 2 N–H and O–H groups in total. The minimum absolute atomic E-state index is 0.0384. The third-order valence-electron chi connectivity index (χ3n) is 4.64. The quantitative estimate of drug-likeness (QED) is 0.764. The summed E-state index contributed by atoms with van der Waals surface area (Å²) in [5, 5.41) is 11.7. The zero-order valence-electron chi connectivity index (χ0n) is 15.4. The normalized spacial score (nSPS) is 16.0. The third-order valence-corrected chi connectivity index (χ3v) is 4.64. The standard InChI is InChI=1S/C18H22F2N6O2/c1-25-9-7-14(8-10-25)22-16(27)15-12-26(24-23-15)18(19,20)17(28)21-11-13-5-3-2-4-6-13/h2-6,12,14H,7-11H2,1H3,(H,21,28)(H,22,27). The van der Waals surface area contributed by atoms with E-state index in [-0.39, 0.29) is 23.0 Å². The Morgan fingerprint density at radius 3 is 2.57 bits per heavy atom. The Kier molecular flexibility index (Phi) is 5.98. The van der Waals surface area contributed by atoms with Gasteiger partial charge in [0.25, 0.3) is 5.91 Å². The van der Waals surface area contributed by atoms with Crippen molar-refractivity contribution in [2.45, 2.75) is 31.5 Å². The molecule has 1 aromatic carbocycles. The molecule has 1 fully saturated rings.